The minimum absolute atomic E-state index is 0.0230. The Morgan fingerprint density at radius 1 is 1.67 bits per heavy atom. The summed E-state index contributed by atoms with van der Waals surface area (Å²) < 4.78 is 0. The van der Waals surface area contributed by atoms with Crippen LogP contribution in [0.3, 0.4) is 0 Å². The molecule has 0 aromatic carbocycles. The number of aryl methyl sites for hydroxylation is 1. The van der Waals surface area contributed by atoms with Crippen LogP contribution in [0.4, 0.5) is 5.95 Å². The SMILES string of the molecule is CCNC(=O)C1CNCCN1c1nccc(C)n1. The molecule has 6 heteroatoms. The van der Waals surface area contributed by atoms with Crippen molar-refractivity contribution in [2.45, 2.75) is 19.9 Å². The summed E-state index contributed by atoms with van der Waals surface area (Å²) in [5.41, 5.74) is 0.910. The van der Waals surface area contributed by atoms with Crippen LogP contribution < -0.4 is 15.5 Å². The third-order valence-corrected chi connectivity index (χ3v) is 2.94. The molecular weight excluding hydrogens is 230 g/mol. The Bertz CT molecular complexity index is 423. The molecule has 0 saturated carbocycles. The van der Waals surface area contributed by atoms with Gasteiger partial charge in [0.25, 0.3) is 0 Å². The Morgan fingerprint density at radius 3 is 3.22 bits per heavy atom. The summed E-state index contributed by atoms with van der Waals surface area (Å²) in [6, 6.07) is 1.62. The predicted octanol–water partition coefficient (Wildman–Crippen LogP) is -0.301. The molecule has 2 heterocycles. The van der Waals surface area contributed by atoms with Crippen LogP contribution in [0.5, 0.6) is 0 Å². The van der Waals surface area contributed by atoms with E-state index in [1.165, 1.54) is 0 Å². The van der Waals surface area contributed by atoms with Crippen LogP contribution in [0.15, 0.2) is 12.3 Å². The molecule has 1 aromatic rings. The molecule has 1 amide bonds. The van der Waals surface area contributed by atoms with E-state index in [4.69, 9.17) is 0 Å². The zero-order chi connectivity index (χ0) is 13.0. The summed E-state index contributed by atoms with van der Waals surface area (Å²) in [6.07, 6.45) is 1.73. The minimum atomic E-state index is -0.236. The summed E-state index contributed by atoms with van der Waals surface area (Å²) in [6.45, 7) is 6.69. The van der Waals surface area contributed by atoms with Gasteiger partial charge in [-0.15, -0.1) is 0 Å². The molecule has 0 bridgehead atoms. The molecule has 2 rings (SSSR count). The molecule has 0 spiro atoms. The van der Waals surface area contributed by atoms with Crippen LogP contribution in [-0.2, 0) is 4.79 Å². The van der Waals surface area contributed by atoms with Crippen molar-refractivity contribution in [2.24, 2.45) is 0 Å². The van der Waals surface area contributed by atoms with Crippen molar-refractivity contribution in [2.75, 3.05) is 31.1 Å². The van der Waals surface area contributed by atoms with Crippen molar-refractivity contribution in [1.29, 1.82) is 0 Å². The summed E-state index contributed by atoms with van der Waals surface area (Å²) in [5, 5.41) is 6.08. The molecule has 1 aliphatic rings. The number of nitrogens with one attached hydrogen (secondary N) is 2. The number of amides is 1. The lowest BCUT2D eigenvalue weighted by Gasteiger charge is -2.35. The molecule has 6 nitrogen and oxygen atoms in total. The van der Waals surface area contributed by atoms with Crippen molar-refractivity contribution in [1.82, 2.24) is 20.6 Å². The largest absolute Gasteiger partial charge is 0.355 e. The number of piperazine rings is 1. The number of nitrogens with zero attached hydrogens (tertiary/aromatic N) is 3. The van der Waals surface area contributed by atoms with Crippen molar-refractivity contribution >= 4 is 11.9 Å². The number of likely N-dealkylation sites (N-methyl/N-ethyl adjacent to an activating group) is 1. The fraction of sp³-hybridized carbons (Fsp3) is 0.583. The van der Waals surface area contributed by atoms with Gasteiger partial charge in [0.15, 0.2) is 0 Å². The smallest absolute Gasteiger partial charge is 0.244 e. The van der Waals surface area contributed by atoms with Crippen molar-refractivity contribution < 1.29 is 4.79 Å². The Hall–Kier alpha value is -1.69. The van der Waals surface area contributed by atoms with Gasteiger partial charge in [0, 0.05) is 38.1 Å². The third-order valence-electron chi connectivity index (χ3n) is 2.94. The van der Waals surface area contributed by atoms with E-state index in [1.807, 2.05) is 24.8 Å². The first-order chi connectivity index (χ1) is 8.72. The molecule has 1 aliphatic heterocycles. The number of carbonyl (C=O) groups excluding carboxylic acids is 1. The highest BCUT2D eigenvalue weighted by Crippen LogP contribution is 2.13. The normalized spacial score (nSPS) is 19.7. The molecule has 0 aliphatic carbocycles. The Labute approximate surface area is 107 Å². The van der Waals surface area contributed by atoms with E-state index in [9.17, 15) is 4.79 Å². The van der Waals surface area contributed by atoms with Crippen LogP contribution in [0.25, 0.3) is 0 Å². The summed E-state index contributed by atoms with van der Waals surface area (Å²) in [7, 11) is 0. The van der Waals surface area contributed by atoms with E-state index in [0.29, 0.717) is 19.0 Å². The molecular formula is C12H19N5O. The highest BCUT2D eigenvalue weighted by atomic mass is 16.2. The molecule has 1 saturated heterocycles. The monoisotopic (exact) mass is 249 g/mol. The first-order valence-corrected chi connectivity index (χ1v) is 6.27. The fourth-order valence-electron chi connectivity index (χ4n) is 2.04. The Morgan fingerprint density at radius 2 is 2.50 bits per heavy atom. The van der Waals surface area contributed by atoms with Gasteiger partial charge >= 0.3 is 0 Å². The van der Waals surface area contributed by atoms with Crippen LogP contribution in [0.2, 0.25) is 0 Å². The Balaban J connectivity index is 2.20. The summed E-state index contributed by atoms with van der Waals surface area (Å²) in [4.78, 5) is 22.6. The summed E-state index contributed by atoms with van der Waals surface area (Å²) >= 11 is 0. The maximum atomic E-state index is 12.0. The van der Waals surface area contributed by atoms with Gasteiger partial charge in [0.2, 0.25) is 11.9 Å². The van der Waals surface area contributed by atoms with Gasteiger partial charge in [-0.3, -0.25) is 4.79 Å². The number of carbonyl (C=O) groups is 1. The molecule has 1 unspecified atom stereocenters. The molecule has 18 heavy (non-hydrogen) atoms. The average Bonchev–Trinajstić information content (AvgIpc) is 2.39. The number of hydrogen-bond donors (Lipinski definition) is 2. The third kappa shape index (κ3) is 2.76. The van der Waals surface area contributed by atoms with Gasteiger partial charge in [-0.05, 0) is 19.9 Å². The van der Waals surface area contributed by atoms with E-state index in [1.54, 1.807) is 6.20 Å². The highest BCUT2D eigenvalue weighted by molar-refractivity contribution is 5.85. The lowest BCUT2D eigenvalue weighted by atomic mass is 10.2. The van der Waals surface area contributed by atoms with Gasteiger partial charge in [-0.1, -0.05) is 0 Å². The zero-order valence-electron chi connectivity index (χ0n) is 10.8. The van der Waals surface area contributed by atoms with Crippen molar-refractivity contribution in [3.8, 4) is 0 Å². The molecule has 0 radical (unpaired) electrons. The van der Waals surface area contributed by atoms with Crippen molar-refractivity contribution in [3.05, 3.63) is 18.0 Å². The number of anilines is 1. The molecule has 1 fully saturated rings. The number of hydrogen-bond acceptors (Lipinski definition) is 5. The maximum absolute atomic E-state index is 12.0. The van der Waals surface area contributed by atoms with E-state index in [2.05, 4.69) is 20.6 Å². The lowest BCUT2D eigenvalue weighted by Crippen LogP contribution is -2.58. The highest BCUT2D eigenvalue weighted by Gasteiger charge is 2.29. The van der Waals surface area contributed by atoms with Gasteiger partial charge in [-0.2, -0.15) is 0 Å². The van der Waals surface area contributed by atoms with Crippen LogP contribution in [0.1, 0.15) is 12.6 Å². The van der Waals surface area contributed by atoms with Crippen LogP contribution >= 0.6 is 0 Å². The van der Waals surface area contributed by atoms with Crippen LogP contribution in [0, 0.1) is 6.92 Å². The second-order valence-electron chi connectivity index (χ2n) is 4.31. The first kappa shape index (κ1) is 12.8. The second-order valence-corrected chi connectivity index (χ2v) is 4.31. The fourth-order valence-corrected chi connectivity index (χ4v) is 2.04. The number of rotatable bonds is 3. The molecule has 1 atom stereocenters. The van der Waals surface area contributed by atoms with E-state index < -0.39 is 0 Å². The second kappa shape index (κ2) is 5.77. The van der Waals surface area contributed by atoms with Gasteiger partial charge in [-0.25, -0.2) is 9.97 Å². The predicted molar refractivity (Wildman–Crippen MR) is 69.5 cm³/mol. The maximum Gasteiger partial charge on any atom is 0.244 e. The topological polar surface area (TPSA) is 70.2 Å². The van der Waals surface area contributed by atoms with Crippen molar-refractivity contribution in [3.63, 3.8) is 0 Å². The quantitative estimate of drug-likeness (QED) is 0.769. The zero-order valence-corrected chi connectivity index (χ0v) is 10.8. The summed E-state index contributed by atoms with van der Waals surface area (Å²) in [5.74, 6) is 0.655. The van der Waals surface area contributed by atoms with E-state index in [0.717, 1.165) is 18.8 Å². The Kier molecular flexibility index (Phi) is 4.09. The first-order valence-electron chi connectivity index (χ1n) is 6.27. The molecule has 98 valence electrons. The number of aromatic nitrogens is 2. The van der Waals surface area contributed by atoms with Gasteiger partial charge < -0.3 is 15.5 Å². The van der Waals surface area contributed by atoms with E-state index >= 15 is 0 Å². The average molecular weight is 249 g/mol. The molecule has 2 N–H and O–H groups in total. The standard InChI is InChI=1S/C12H19N5O/c1-3-14-11(18)10-8-13-6-7-17(10)12-15-5-4-9(2)16-12/h4-5,10,13H,3,6-8H2,1-2H3,(H,14,18). The molecule has 1 aromatic heterocycles. The van der Waals surface area contributed by atoms with Gasteiger partial charge in [0.05, 0.1) is 0 Å². The lowest BCUT2D eigenvalue weighted by molar-refractivity contribution is -0.122. The van der Waals surface area contributed by atoms with Crippen LogP contribution in [-0.4, -0.2) is 48.1 Å². The van der Waals surface area contributed by atoms with E-state index in [-0.39, 0.29) is 11.9 Å². The minimum Gasteiger partial charge on any atom is -0.355 e. The van der Waals surface area contributed by atoms with Gasteiger partial charge in [0.1, 0.15) is 6.04 Å².